The number of rotatable bonds is 1. The number of aromatic nitrogens is 4. The Morgan fingerprint density at radius 3 is 1.55 bits per heavy atom. The summed E-state index contributed by atoms with van der Waals surface area (Å²) in [6, 6.07) is 11.9. The molecule has 0 aromatic carbocycles. The van der Waals surface area contributed by atoms with Crippen LogP contribution in [0, 0.1) is 0 Å². The molecule has 4 rings (SSSR count). The van der Waals surface area contributed by atoms with Crippen molar-refractivity contribution >= 4 is 21.8 Å². The molecule has 4 nitrogen and oxygen atoms in total. The lowest BCUT2D eigenvalue weighted by molar-refractivity contribution is 1.27. The average molecular weight is 258 g/mol. The van der Waals surface area contributed by atoms with Gasteiger partial charge >= 0.3 is 0 Å². The first kappa shape index (κ1) is 11.0. The van der Waals surface area contributed by atoms with Crippen LogP contribution < -0.4 is 0 Å². The molecule has 0 aliphatic heterocycles. The van der Waals surface area contributed by atoms with Crippen molar-refractivity contribution in [1.82, 2.24) is 19.9 Å². The Kier molecular flexibility index (Phi) is 2.39. The highest BCUT2D eigenvalue weighted by atomic mass is 14.8. The van der Waals surface area contributed by atoms with E-state index in [-0.39, 0.29) is 0 Å². The van der Waals surface area contributed by atoms with E-state index in [1.807, 2.05) is 36.4 Å². The smallest absolute Gasteiger partial charge is 0.0894 e. The Bertz CT molecular complexity index is 841. The summed E-state index contributed by atoms with van der Waals surface area (Å²) in [5, 5.41) is 2.15. The largest absolute Gasteiger partial charge is 0.262 e. The zero-order valence-corrected chi connectivity index (χ0v) is 10.6. The molecule has 0 radical (unpaired) electrons. The molecule has 4 heterocycles. The van der Waals surface area contributed by atoms with Gasteiger partial charge in [-0.1, -0.05) is 12.1 Å². The highest BCUT2D eigenvalue weighted by molar-refractivity contribution is 5.83. The lowest BCUT2D eigenvalue weighted by Gasteiger charge is -2.03. The fourth-order valence-electron chi connectivity index (χ4n) is 2.22. The fourth-order valence-corrected chi connectivity index (χ4v) is 2.22. The van der Waals surface area contributed by atoms with E-state index in [1.54, 1.807) is 24.8 Å². The molecule has 0 spiro atoms. The van der Waals surface area contributed by atoms with Crippen LogP contribution in [0.3, 0.4) is 0 Å². The third-order valence-corrected chi connectivity index (χ3v) is 3.25. The van der Waals surface area contributed by atoms with Crippen LogP contribution in [0.1, 0.15) is 0 Å². The van der Waals surface area contributed by atoms with Crippen molar-refractivity contribution in [3.8, 4) is 11.4 Å². The van der Waals surface area contributed by atoms with Gasteiger partial charge in [0.25, 0.3) is 0 Å². The minimum Gasteiger partial charge on any atom is -0.262 e. The third-order valence-electron chi connectivity index (χ3n) is 3.25. The first-order valence-electron chi connectivity index (χ1n) is 6.32. The van der Waals surface area contributed by atoms with E-state index < -0.39 is 0 Å². The molecule has 0 unspecified atom stereocenters. The van der Waals surface area contributed by atoms with Gasteiger partial charge in [-0.05, 0) is 24.3 Å². The number of hydrogen-bond acceptors (Lipinski definition) is 4. The maximum atomic E-state index is 4.61. The lowest BCUT2D eigenvalue weighted by Crippen LogP contribution is -1.90. The van der Waals surface area contributed by atoms with E-state index in [0.717, 1.165) is 33.2 Å². The quantitative estimate of drug-likeness (QED) is 0.526. The molecule has 0 saturated heterocycles. The monoisotopic (exact) mass is 258 g/mol. The Morgan fingerprint density at radius 1 is 0.550 bits per heavy atom. The van der Waals surface area contributed by atoms with Gasteiger partial charge in [0.1, 0.15) is 0 Å². The molecular weight excluding hydrogens is 248 g/mol. The van der Waals surface area contributed by atoms with Gasteiger partial charge in [0.15, 0.2) is 0 Å². The van der Waals surface area contributed by atoms with Crippen molar-refractivity contribution in [2.45, 2.75) is 0 Å². The van der Waals surface area contributed by atoms with E-state index >= 15 is 0 Å². The summed E-state index contributed by atoms with van der Waals surface area (Å²) in [4.78, 5) is 17.4. The van der Waals surface area contributed by atoms with Crippen molar-refractivity contribution in [1.29, 1.82) is 0 Å². The van der Waals surface area contributed by atoms with Crippen LogP contribution in [0.5, 0.6) is 0 Å². The van der Waals surface area contributed by atoms with E-state index in [2.05, 4.69) is 19.9 Å². The van der Waals surface area contributed by atoms with Crippen LogP contribution in [0.4, 0.5) is 0 Å². The second kappa shape index (κ2) is 4.35. The summed E-state index contributed by atoms with van der Waals surface area (Å²) in [5.74, 6) is 0. The molecule has 4 heteroatoms. The second-order valence-electron chi connectivity index (χ2n) is 4.53. The summed E-state index contributed by atoms with van der Waals surface area (Å²) >= 11 is 0. The average Bonchev–Trinajstić information content (AvgIpc) is 2.54. The predicted octanol–water partition coefficient (Wildman–Crippen LogP) is 3.24. The van der Waals surface area contributed by atoms with Gasteiger partial charge in [-0.3, -0.25) is 9.97 Å². The number of fused-ring (bicyclic) bond motifs is 2. The molecule has 0 fully saturated rings. The van der Waals surface area contributed by atoms with Crippen molar-refractivity contribution in [3.63, 3.8) is 0 Å². The van der Waals surface area contributed by atoms with Crippen molar-refractivity contribution in [2.75, 3.05) is 0 Å². The van der Waals surface area contributed by atoms with Crippen molar-refractivity contribution < 1.29 is 0 Å². The van der Waals surface area contributed by atoms with Crippen LogP contribution >= 0.6 is 0 Å². The first-order valence-corrected chi connectivity index (χ1v) is 6.32. The van der Waals surface area contributed by atoms with Crippen LogP contribution in [0.2, 0.25) is 0 Å². The SMILES string of the molecule is c1cc2ccc(-c3ccc4ccncc4n3)nc2cn1. The van der Waals surface area contributed by atoms with Gasteiger partial charge in [-0.25, -0.2) is 9.97 Å². The zero-order chi connectivity index (χ0) is 13.4. The molecule has 0 bridgehead atoms. The molecule has 0 amide bonds. The van der Waals surface area contributed by atoms with Gasteiger partial charge in [0, 0.05) is 23.2 Å². The van der Waals surface area contributed by atoms with Gasteiger partial charge in [0.05, 0.1) is 34.8 Å². The fraction of sp³-hybridized carbons (Fsp3) is 0. The lowest BCUT2D eigenvalue weighted by atomic mass is 10.1. The first-order chi connectivity index (χ1) is 9.90. The number of pyridine rings is 4. The summed E-state index contributed by atoms with van der Waals surface area (Å²) in [5.41, 5.74) is 3.43. The van der Waals surface area contributed by atoms with Crippen LogP contribution in [0.15, 0.2) is 61.2 Å². The highest BCUT2D eigenvalue weighted by Crippen LogP contribution is 2.21. The Balaban J connectivity index is 1.91. The highest BCUT2D eigenvalue weighted by Gasteiger charge is 2.04. The normalized spacial score (nSPS) is 11.0. The Morgan fingerprint density at radius 2 is 1.05 bits per heavy atom. The number of nitrogens with zero attached hydrogens (tertiary/aromatic N) is 4. The Labute approximate surface area is 115 Å². The predicted molar refractivity (Wildman–Crippen MR) is 78.1 cm³/mol. The van der Waals surface area contributed by atoms with Crippen LogP contribution in [-0.4, -0.2) is 19.9 Å². The van der Waals surface area contributed by atoms with E-state index in [0.29, 0.717) is 0 Å². The summed E-state index contributed by atoms with van der Waals surface area (Å²) in [7, 11) is 0. The summed E-state index contributed by atoms with van der Waals surface area (Å²) in [6.45, 7) is 0. The molecule has 0 atom stereocenters. The van der Waals surface area contributed by atoms with E-state index in [4.69, 9.17) is 0 Å². The Hall–Kier alpha value is -2.88. The third kappa shape index (κ3) is 1.78. The molecule has 4 aromatic rings. The van der Waals surface area contributed by atoms with Gasteiger partial charge < -0.3 is 0 Å². The topological polar surface area (TPSA) is 51.6 Å². The van der Waals surface area contributed by atoms with E-state index in [1.165, 1.54) is 0 Å². The maximum absolute atomic E-state index is 4.61. The van der Waals surface area contributed by atoms with Gasteiger partial charge in [-0.2, -0.15) is 0 Å². The molecule has 0 N–H and O–H groups in total. The standard InChI is InChI=1S/C16H10N4/c1-3-13(19-15-9-17-7-5-11(1)15)14-4-2-12-6-8-18-10-16(12)20-14/h1-10H. The van der Waals surface area contributed by atoms with Crippen LogP contribution in [-0.2, 0) is 0 Å². The summed E-state index contributed by atoms with van der Waals surface area (Å²) in [6.07, 6.45) is 7.07. The minimum atomic E-state index is 0.844. The van der Waals surface area contributed by atoms with Gasteiger partial charge in [-0.15, -0.1) is 0 Å². The van der Waals surface area contributed by atoms with Crippen molar-refractivity contribution in [2.24, 2.45) is 0 Å². The summed E-state index contributed by atoms with van der Waals surface area (Å²) < 4.78 is 0. The van der Waals surface area contributed by atoms with E-state index in [9.17, 15) is 0 Å². The van der Waals surface area contributed by atoms with Crippen LogP contribution in [0.25, 0.3) is 33.2 Å². The molecule has 4 aromatic heterocycles. The maximum Gasteiger partial charge on any atom is 0.0894 e. The van der Waals surface area contributed by atoms with Crippen molar-refractivity contribution in [3.05, 3.63) is 61.2 Å². The zero-order valence-electron chi connectivity index (χ0n) is 10.6. The molecule has 0 aliphatic carbocycles. The molecule has 20 heavy (non-hydrogen) atoms. The molecular formula is C16H10N4. The number of hydrogen-bond donors (Lipinski definition) is 0. The molecule has 94 valence electrons. The second-order valence-corrected chi connectivity index (χ2v) is 4.53. The molecule has 0 saturated carbocycles. The molecule has 0 aliphatic rings. The minimum absolute atomic E-state index is 0.844. The van der Waals surface area contributed by atoms with Gasteiger partial charge in [0.2, 0.25) is 0 Å².